The second kappa shape index (κ2) is 12.4. The molecule has 2 rings (SSSR count). The van der Waals surface area contributed by atoms with Crippen LogP contribution in [0.25, 0.3) is 0 Å². The molecule has 1 aromatic heterocycles. The van der Waals surface area contributed by atoms with Crippen molar-refractivity contribution in [3.63, 3.8) is 0 Å². The van der Waals surface area contributed by atoms with Crippen molar-refractivity contribution in [2.24, 2.45) is 0 Å². The molecule has 0 unspecified atom stereocenters. The molecule has 0 aliphatic rings. The number of carboxylic acids is 2. The lowest BCUT2D eigenvalue weighted by atomic mass is 10.2. The normalized spacial score (nSPS) is 11.2. The first-order chi connectivity index (χ1) is 16.1. The van der Waals surface area contributed by atoms with Crippen molar-refractivity contribution in [3.8, 4) is 5.75 Å². The average Bonchev–Trinajstić information content (AvgIpc) is 2.76. The highest BCUT2D eigenvalue weighted by atomic mass is 35.5. The monoisotopic (exact) mass is 541 g/mol. The Balaban J connectivity index is 0.000000762. The number of nitrogens with one attached hydrogen (secondary N) is 1. The minimum absolute atomic E-state index is 0.0204. The van der Waals surface area contributed by atoms with E-state index >= 15 is 0 Å². The second-order valence-electron chi connectivity index (χ2n) is 6.88. The third kappa shape index (κ3) is 8.79. The van der Waals surface area contributed by atoms with E-state index in [1.54, 1.807) is 11.9 Å². The summed E-state index contributed by atoms with van der Waals surface area (Å²) in [4.78, 5) is 26.3. The molecule has 15 heteroatoms. The zero-order valence-electron chi connectivity index (χ0n) is 18.8. The molecule has 3 N–H and O–H groups in total. The van der Waals surface area contributed by atoms with Gasteiger partial charge in [-0.15, -0.1) is 0 Å². The zero-order chi connectivity index (χ0) is 27.0. The number of aromatic nitrogens is 1. The Morgan fingerprint density at radius 2 is 1.83 bits per heavy atom. The zero-order valence-corrected chi connectivity index (χ0v) is 20.3. The molecular formula is C20H23ClF3N3O7S. The van der Waals surface area contributed by atoms with E-state index in [4.69, 9.17) is 26.2 Å². The number of halogens is 4. The predicted octanol–water partition coefficient (Wildman–Crippen LogP) is 4.11. The molecule has 1 heterocycles. The first-order valence-electron chi connectivity index (χ1n) is 9.75. The SMILES string of the molecule is CCCCN(C)c1ncc(NS(=O)(=O)c2cc(Cl)ccc2OC)cc1C(=O)O.O=C(O)C(F)(F)F. The Kier molecular flexibility index (Phi) is 10.6. The van der Waals surface area contributed by atoms with Gasteiger partial charge in [-0.25, -0.2) is 23.0 Å². The number of methoxy groups -OCH3 is 1. The number of carboxylic acid groups (broad SMARTS) is 2. The van der Waals surface area contributed by atoms with Crippen LogP contribution in [-0.2, 0) is 14.8 Å². The summed E-state index contributed by atoms with van der Waals surface area (Å²) >= 11 is 5.90. The van der Waals surface area contributed by atoms with Crippen molar-refractivity contribution < 1.29 is 46.1 Å². The smallest absolute Gasteiger partial charge is 0.490 e. The minimum Gasteiger partial charge on any atom is -0.495 e. The van der Waals surface area contributed by atoms with Crippen LogP contribution in [0.3, 0.4) is 0 Å². The summed E-state index contributed by atoms with van der Waals surface area (Å²) < 4.78 is 64.6. The number of pyridine rings is 1. The molecule has 0 radical (unpaired) electrons. The highest BCUT2D eigenvalue weighted by Crippen LogP contribution is 2.29. The first kappa shape index (κ1) is 29.8. The number of benzene rings is 1. The third-order valence-electron chi connectivity index (χ3n) is 4.22. The molecule has 0 bridgehead atoms. The van der Waals surface area contributed by atoms with E-state index in [1.165, 1.54) is 37.6 Å². The molecule has 10 nitrogen and oxygen atoms in total. The van der Waals surface area contributed by atoms with Crippen LogP contribution in [0.2, 0.25) is 5.02 Å². The van der Waals surface area contributed by atoms with Crippen LogP contribution in [0.1, 0.15) is 30.1 Å². The lowest BCUT2D eigenvalue weighted by Gasteiger charge is -2.20. The lowest BCUT2D eigenvalue weighted by Crippen LogP contribution is -2.23. The molecule has 0 aliphatic heterocycles. The summed E-state index contributed by atoms with van der Waals surface area (Å²) in [6, 6.07) is 5.43. The Bertz CT molecular complexity index is 1160. The summed E-state index contributed by atoms with van der Waals surface area (Å²) in [6.07, 6.45) is -1.98. The summed E-state index contributed by atoms with van der Waals surface area (Å²) in [6.45, 7) is 2.66. The number of hydrogen-bond donors (Lipinski definition) is 3. The van der Waals surface area contributed by atoms with Crippen molar-refractivity contribution >= 4 is 45.1 Å². The molecular weight excluding hydrogens is 519 g/mol. The van der Waals surface area contributed by atoms with Crippen molar-refractivity contribution in [2.45, 2.75) is 30.8 Å². The van der Waals surface area contributed by atoms with E-state index in [1.807, 2.05) is 6.92 Å². The Hall–Kier alpha value is -3.26. The number of ether oxygens (including phenoxy) is 1. The van der Waals surface area contributed by atoms with Crippen LogP contribution in [0, 0.1) is 0 Å². The van der Waals surface area contributed by atoms with Gasteiger partial charge in [0.05, 0.1) is 19.0 Å². The summed E-state index contributed by atoms with van der Waals surface area (Å²) in [5, 5.41) is 16.9. The lowest BCUT2D eigenvalue weighted by molar-refractivity contribution is -0.192. The molecule has 1 aromatic carbocycles. The maximum Gasteiger partial charge on any atom is 0.490 e. The van der Waals surface area contributed by atoms with Crippen LogP contribution in [-0.4, -0.2) is 62.4 Å². The quantitative estimate of drug-likeness (QED) is 0.426. The van der Waals surface area contributed by atoms with E-state index in [9.17, 15) is 31.5 Å². The van der Waals surface area contributed by atoms with Gasteiger partial charge in [-0.2, -0.15) is 13.2 Å². The van der Waals surface area contributed by atoms with E-state index < -0.39 is 28.1 Å². The van der Waals surface area contributed by atoms with Crippen LogP contribution >= 0.6 is 11.6 Å². The number of sulfonamides is 1. The number of nitrogens with zero attached hydrogens (tertiary/aromatic N) is 2. The Labute approximate surface area is 204 Å². The molecule has 0 amide bonds. The van der Waals surface area contributed by atoms with Gasteiger partial charge in [0.1, 0.15) is 22.0 Å². The van der Waals surface area contributed by atoms with Crippen LogP contribution in [0.5, 0.6) is 5.75 Å². The number of carbonyl (C=O) groups is 2. The van der Waals surface area contributed by atoms with Crippen LogP contribution in [0.4, 0.5) is 24.7 Å². The summed E-state index contributed by atoms with van der Waals surface area (Å²) in [7, 11) is -0.993. The maximum absolute atomic E-state index is 12.7. The number of aromatic carboxylic acids is 1. The van der Waals surface area contributed by atoms with Gasteiger partial charge in [-0.05, 0) is 30.7 Å². The van der Waals surface area contributed by atoms with Gasteiger partial charge in [-0.3, -0.25) is 4.72 Å². The second-order valence-corrected chi connectivity index (χ2v) is 8.97. The topological polar surface area (TPSA) is 146 Å². The van der Waals surface area contributed by atoms with Gasteiger partial charge in [0, 0.05) is 18.6 Å². The van der Waals surface area contributed by atoms with E-state index in [-0.39, 0.29) is 32.7 Å². The molecule has 0 aliphatic carbocycles. The highest BCUT2D eigenvalue weighted by molar-refractivity contribution is 7.92. The van der Waals surface area contributed by atoms with Crippen molar-refractivity contribution in [2.75, 3.05) is 30.3 Å². The largest absolute Gasteiger partial charge is 0.495 e. The highest BCUT2D eigenvalue weighted by Gasteiger charge is 2.38. The average molecular weight is 542 g/mol. The maximum atomic E-state index is 12.7. The molecule has 0 fully saturated rings. The third-order valence-corrected chi connectivity index (χ3v) is 5.85. The molecule has 0 saturated heterocycles. The number of rotatable bonds is 9. The van der Waals surface area contributed by atoms with Crippen molar-refractivity contribution in [1.29, 1.82) is 0 Å². The summed E-state index contributed by atoms with van der Waals surface area (Å²) in [5.41, 5.74) is -0.0797. The number of aliphatic carboxylic acids is 1. The fraction of sp³-hybridized carbons (Fsp3) is 0.350. The van der Waals surface area contributed by atoms with Crippen molar-refractivity contribution in [1.82, 2.24) is 4.98 Å². The molecule has 35 heavy (non-hydrogen) atoms. The van der Waals surface area contributed by atoms with E-state index in [0.29, 0.717) is 6.54 Å². The van der Waals surface area contributed by atoms with E-state index in [0.717, 1.165) is 12.8 Å². The van der Waals surface area contributed by atoms with Crippen LogP contribution < -0.4 is 14.4 Å². The number of alkyl halides is 3. The number of hydrogen-bond acceptors (Lipinski definition) is 7. The van der Waals surface area contributed by atoms with Gasteiger partial charge < -0.3 is 19.8 Å². The van der Waals surface area contributed by atoms with Gasteiger partial charge in [0.2, 0.25) is 0 Å². The Morgan fingerprint density at radius 1 is 1.23 bits per heavy atom. The standard InChI is InChI=1S/C18H22ClN3O5S.C2HF3O2/c1-4-5-8-22(2)17-14(18(23)24)10-13(11-20-17)21-28(25,26)16-9-12(19)6-7-15(16)27-3;3-2(4,5)1(6)7/h6-7,9-11,21H,4-5,8H2,1-3H3,(H,23,24);(H,6,7). The predicted molar refractivity (Wildman–Crippen MR) is 122 cm³/mol. The molecule has 194 valence electrons. The van der Waals surface area contributed by atoms with Gasteiger partial charge in [-0.1, -0.05) is 24.9 Å². The number of anilines is 2. The molecule has 2 aromatic rings. The molecule has 0 atom stereocenters. The van der Waals surface area contributed by atoms with E-state index in [2.05, 4.69) is 9.71 Å². The molecule has 0 saturated carbocycles. The Morgan fingerprint density at radius 3 is 2.31 bits per heavy atom. The summed E-state index contributed by atoms with van der Waals surface area (Å²) in [5.74, 6) is -3.58. The van der Waals surface area contributed by atoms with Gasteiger partial charge >= 0.3 is 18.1 Å². The van der Waals surface area contributed by atoms with Gasteiger partial charge in [0.15, 0.2) is 0 Å². The fourth-order valence-electron chi connectivity index (χ4n) is 2.55. The van der Waals surface area contributed by atoms with Crippen molar-refractivity contribution in [3.05, 3.63) is 41.0 Å². The van der Waals surface area contributed by atoms with Crippen LogP contribution in [0.15, 0.2) is 35.4 Å². The minimum atomic E-state index is -5.08. The van der Waals surface area contributed by atoms with Gasteiger partial charge in [0.25, 0.3) is 10.0 Å². The first-order valence-corrected chi connectivity index (χ1v) is 11.6. The molecule has 0 spiro atoms. The number of unbranched alkanes of at least 4 members (excludes halogenated alkanes) is 1. The fourth-order valence-corrected chi connectivity index (χ4v) is 4.01.